The standard InChI is InChI=1S/C23H23NSi/c1-24-21-18-13-12-17(14-18)20(21)15-23(19-10-6-3-7-11-19)22(25(23)24)16-8-4-2-5-9-16/h2-11,15,17-18,22H,12-14H2,1H3. The van der Waals surface area contributed by atoms with Crippen LogP contribution in [0.4, 0.5) is 0 Å². The van der Waals surface area contributed by atoms with Gasteiger partial charge in [0.1, 0.15) is 5.71 Å². The lowest BCUT2D eigenvalue weighted by Gasteiger charge is -2.30. The highest BCUT2D eigenvalue weighted by molar-refractivity contribution is 6.71. The molecule has 3 fully saturated rings. The van der Waals surface area contributed by atoms with Crippen LogP contribution in [0.15, 0.2) is 72.3 Å². The van der Waals surface area contributed by atoms with Gasteiger partial charge in [-0.2, -0.15) is 0 Å². The van der Waals surface area contributed by atoms with Crippen LogP contribution in [0.25, 0.3) is 0 Å². The van der Waals surface area contributed by atoms with Crippen LogP contribution in [0, 0.1) is 11.8 Å². The quantitative estimate of drug-likeness (QED) is 0.719. The highest BCUT2D eigenvalue weighted by atomic mass is 28.3. The lowest BCUT2D eigenvalue weighted by Crippen LogP contribution is -2.37. The Labute approximate surface area is 151 Å². The number of fused-ring (bicyclic) bond motifs is 6. The molecule has 0 amide bonds. The molecule has 2 bridgehead atoms. The average Bonchev–Trinajstić information content (AvgIpc) is 2.95. The zero-order valence-corrected chi connectivity index (χ0v) is 15.7. The molecule has 1 nitrogen and oxygen atoms in total. The molecule has 4 aliphatic rings. The Hall–Kier alpha value is -1.93. The van der Waals surface area contributed by atoms with Gasteiger partial charge in [-0.05, 0) is 25.2 Å². The van der Waals surface area contributed by atoms with Crippen LogP contribution < -0.4 is 0 Å². The fourth-order valence-corrected chi connectivity index (χ4v) is 10.2. The topological polar surface area (TPSA) is 3.01 Å². The summed E-state index contributed by atoms with van der Waals surface area (Å²) in [4.78, 5) is 0. The largest absolute Gasteiger partial charge is 0.430 e. The molecule has 2 heteroatoms. The molecule has 2 saturated carbocycles. The van der Waals surface area contributed by atoms with Crippen LogP contribution in [-0.4, -0.2) is 26.0 Å². The molecule has 0 radical (unpaired) electrons. The van der Waals surface area contributed by atoms with E-state index in [1.165, 1.54) is 24.8 Å². The molecule has 0 aromatic heterocycles. The van der Waals surface area contributed by atoms with Gasteiger partial charge >= 0.3 is 0 Å². The summed E-state index contributed by atoms with van der Waals surface area (Å²) in [5.41, 5.74) is 7.21. The van der Waals surface area contributed by atoms with Gasteiger partial charge in [-0.15, -0.1) is 0 Å². The second-order valence-electron chi connectivity index (χ2n) is 8.21. The fraction of sp³-hybridized carbons (Fsp3) is 0.348. The molecular formula is C23H23NSi. The molecule has 124 valence electrons. The molecular weight excluding hydrogens is 318 g/mol. The number of hydrogen-bond donors (Lipinski definition) is 0. The Bertz CT molecular complexity index is 914. The van der Waals surface area contributed by atoms with E-state index < -0.39 is 8.96 Å². The number of benzene rings is 2. The predicted octanol–water partition coefficient (Wildman–Crippen LogP) is 4.24. The summed E-state index contributed by atoms with van der Waals surface area (Å²) in [6.45, 7) is 0. The summed E-state index contributed by atoms with van der Waals surface area (Å²) in [5, 5.41) is 0.269. The highest BCUT2D eigenvalue weighted by Crippen LogP contribution is 2.64. The Morgan fingerprint density at radius 2 is 1.60 bits per heavy atom. The smallest absolute Gasteiger partial charge is 0.136 e. The first-order chi connectivity index (χ1) is 12.3. The van der Waals surface area contributed by atoms with Gasteiger partial charge in [0, 0.05) is 11.5 Å². The third-order valence-electron chi connectivity index (χ3n) is 7.11. The Kier molecular flexibility index (Phi) is 2.75. The monoisotopic (exact) mass is 341 g/mol. The lowest BCUT2D eigenvalue weighted by atomic mass is 9.85. The molecule has 2 heterocycles. The molecule has 2 aromatic rings. The summed E-state index contributed by atoms with van der Waals surface area (Å²) >= 11 is 0. The molecule has 6 rings (SSSR count). The van der Waals surface area contributed by atoms with E-state index in [0.29, 0.717) is 5.54 Å². The van der Waals surface area contributed by atoms with E-state index in [1.807, 2.05) is 0 Å². The normalized spacial score (nSPS) is 34.7. The zero-order chi connectivity index (χ0) is 16.6. The second-order valence-corrected chi connectivity index (χ2v) is 11.1. The van der Waals surface area contributed by atoms with Crippen molar-refractivity contribution in [1.29, 1.82) is 0 Å². The van der Waals surface area contributed by atoms with Gasteiger partial charge in [-0.3, -0.25) is 0 Å². The van der Waals surface area contributed by atoms with Gasteiger partial charge in [-0.1, -0.05) is 88.4 Å². The van der Waals surface area contributed by atoms with E-state index in [9.17, 15) is 0 Å². The van der Waals surface area contributed by atoms with Crippen LogP contribution in [0.2, 0.25) is 0 Å². The van der Waals surface area contributed by atoms with Gasteiger partial charge in [0.05, 0.1) is 16.0 Å². The van der Waals surface area contributed by atoms with Gasteiger partial charge in [0.2, 0.25) is 0 Å². The van der Waals surface area contributed by atoms with Crippen molar-refractivity contribution in [3.63, 3.8) is 0 Å². The van der Waals surface area contributed by atoms with Gasteiger partial charge in [-0.25, -0.2) is 0 Å². The van der Waals surface area contributed by atoms with Crippen LogP contribution in [0.3, 0.4) is 0 Å². The average molecular weight is 342 g/mol. The van der Waals surface area contributed by atoms with Crippen molar-refractivity contribution < 1.29 is 4.24 Å². The van der Waals surface area contributed by atoms with Crippen molar-refractivity contribution in [2.45, 2.75) is 29.8 Å². The maximum absolute atomic E-state index is 2.79. The summed E-state index contributed by atoms with van der Waals surface area (Å²) in [5.74, 6) is 1.69. The Morgan fingerprint density at radius 1 is 0.920 bits per heavy atom. The Balaban J connectivity index is 1.58. The summed E-state index contributed by atoms with van der Waals surface area (Å²) in [7, 11) is 1.75. The number of nitrogens with zero attached hydrogens (tertiary/aromatic N) is 1. The van der Waals surface area contributed by atoms with E-state index in [0.717, 1.165) is 11.8 Å². The van der Waals surface area contributed by atoms with E-state index in [2.05, 4.69) is 78.0 Å². The summed E-state index contributed by atoms with van der Waals surface area (Å²) in [6.07, 6.45) is 7.01. The number of rotatable bonds is 2. The second kappa shape index (κ2) is 4.82. The molecule has 0 spiro atoms. The predicted molar refractivity (Wildman–Crippen MR) is 103 cm³/mol. The first-order valence-corrected chi connectivity index (χ1v) is 11.1. The van der Waals surface area contributed by atoms with Crippen molar-refractivity contribution >= 4 is 14.7 Å². The van der Waals surface area contributed by atoms with Crippen LogP contribution in [0.1, 0.15) is 35.9 Å². The van der Waals surface area contributed by atoms with Crippen LogP contribution in [-0.2, 0) is 5.04 Å². The maximum atomic E-state index is 2.79. The van der Waals surface area contributed by atoms with Crippen molar-refractivity contribution in [2.24, 2.45) is 11.8 Å². The lowest BCUT2D eigenvalue weighted by molar-refractivity contribution is -0.352. The first kappa shape index (κ1) is 14.3. The SMILES string of the molecule is C[N+]1=C2C(=CC3(c4ccccc4)C(c4ccccc4)[Si-]13)C1CCC2C1. The van der Waals surface area contributed by atoms with Crippen molar-refractivity contribution in [3.05, 3.63) is 83.4 Å². The molecule has 4 unspecified atom stereocenters. The van der Waals surface area contributed by atoms with Gasteiger partial charge in [0.25, 0.3) is 0 Å². The number of hydrogen-bond acceptors (Lipinski definition) is 0. The highest BCUT2D eigenvalue weighted by Gasteiger charge is 2.64. The van der Waals surface area contributed by atoms with Crippen LogP contribution >= 0.6 is 0 Å². The maximum Gasteiger partial charge on any atom is 0.136 e. The minimum atomic E-state index is -0.661. The van der Waals surface area contributed by atoms with E-state index in [1.54, 1.807) is 16.8 Å². The molecule has 25 heavy (non-hydrogen) atoms. The minimum absolute atomic E-state index is 0.269. The molecule has 2 aliphatic carbocycles. The van der Waals surface area contributed by atoms with Crippen molar-refractivity contribution in [1.82, 2.24) is 0 Å². The third kappa shape index (κ3) is 1.71. The van der Waals surface area contributed by atoms with Gasteiger partial charge < -0.3 is 4.24 Å². The van der Waals surface area contributed by atoms with Crippen molar-refractivity contribution in [3.8, 4) is 0 Å². The molecule has 2 aromatic carbocycles. The zero-order valence-electron chi connectivity index (χ0n) is 14.7. The minimum Gasteiger partial charge on any atom is -0.430 e. The van der Waals surface area contributed by atoms with E-state index >= 15 is 0 Å². The molecule has 2 aliphatic heterocycles. The number of allylic oxidation sites excluding steroid dienone is 2. The Morgan fingerprint density at radius 3 is 2.36 bits per heavy atom. The third-order valence-corrected chi connectivity index (χ3v) is 10.7. The van der Waals surface area contributed by atoms with E-state index in [4.69, 9.17) is 0 Å². The van der Waals surface area contributed by atoms with E-state index in [-0.39, 0.29) is 5.04 Å². The molecule has 4 atom stereocenters. The molecule has 0 N–H and O–H groups in total. The van der Waals surface area contributed by atoms with Crippen molar-refractivity contribution in [2.75, 3.05) is 7.05 Å². The summed E-state index contributed by atoms with van der Waals surface area (Å²) in [6, 6.07) is 22.6. The summed E-state index contributed by atoms with van der Waals surface area (Å²) < 4.78 is 2.79. The van der Waals surface area contributed by atoms with Crippen LogP contribution in [0.5, 0.6) is 0 Å². The fourth-order valence-electron chi connectivity index (χ4n) is 6.13. The van der Waals surface area contributed by atoms with Gasteiger partial charge in [0.15, 0.2) is 0 Å². The first-order valence-electron chi connectivity index (χ1n) is 9.62. The molecule has 1 saturated heterocycles.